The number of hydrogen-bond acceptors (Lipinski definition) is 5. The lowest BCUT2D eigenvalue weighted by molar-refractivity contribution is -0.139. The molecular weight excluding hydrogens is 370 g/mol. The van der Waals surface area contributed by atoms with Crippen molar-refractivity contribution in [1.29, 1.82) is 5.26 Å². The predicted molar refractivity (Wildman–Crippen MR) is 105 cm³/mol. The number of benzene rings is 1. The largest absolute Gasteiger partial charge is 0.444 e. The van der Waals surface area contributed by atoms with Crippen molar-refractivity contribution in [3.05, 3.63) is 47.5 Å². The van der Waals surface area contributed by atoms with Gasteiger partial charge in [-0.15, -0.1) is 0 Å². The number of nitriles is 1. The molecule has 0 spiro atoms. The van der Waals surface area contributed by atoms with E-state index in [9.17, 15) is 14.4 Å². The van der Waals surface area contributed by atoms with Crippen LogP contribution in [0.25, 0.3) is 0 Å². The minimum atomic E-state index is -0.651. The maximum absolute atomic E-state index is 13.0. The van der Waals surface area contributed by atoms with E-state index in [0.717, 1.165) is 5.56 Å². The van der Waals surface area contributed by atoms with E-state index in [4.69, 9.17) is 10.00 Å². The molecule has 3 unspecified atom stereocenters. The van der Waals surface area contributed by atoms with Crippen LogP contribution in [-0.2, 0) is 20.7 Å². The Morgan fingerprint density at radius 1 is 1.31 bits per heavy atom. The van der Waals surface area contributed by atoms with Gasteiger partial charge in [-0.25, -0.2) is 4.79 Å². The number of nitrogens with one attached hydrogen (secondary N) is 1. The van der Waals surface area contributed by atoms with E-state index in [1.54, 1.807) is 45.0 Å². The summed E-state index contributed by atoms with van der Waals surface area (Å²) in [6.07, 6.45) is 3.93. The van der Waals surface area contributed by atoms with Gasteiger partial charge in [-0.2, -0.15) is 5.26 Å². The fourth-order valence-electron chi connectivity index (χ4n) is 3.80. The Bertz CT molecular complexity index is 894. The van der Waals surface area contributed by atoms with Crippen molar-refractivity contribution in [2.45, 2.75) is 45.3 Å². The van der Waals surface area contributed by atoms with Gasteiger partial charge in [0.2, 0.25) is 11.8 Å². The van der Waals surface area contributed by atoms with Crippen LogP contribution in [0.3, 0.4) is 0 Å². The second-order valence-corrected chi connectivity index (χ2v) is 8.36. The quantitative estimate of drug-likeness (QED) is 0.624. The van der Waals surface area contributed by atoms with Crippen molar-refractivity contribution in [2.75, 3.05) is 6.54 Å². The smallest absolute Gasteiger partial charge is 0.408 e. The number of allylic oxidation sites excluding steroid dienone is 1. The van der Waals surface area contributed by atoms with E-state index in [1.165, 1.54) is 4.90 Å². The number of imide groups is 1. The first-order chi connectivity index (χ1) is 13.7. The number of likely N-dealkylation sites (tertiary alicyclic amines) is 1. The van der Waals surface area contributed by atoms with Gasteiger partial charge in [0.05, 0.1) is 29.5 Å². The number of fused-ring (bicyclic) bond motifs is 1. The first-order valence-corrected chi connectivity index (χ1v) is 9.70. The molecule has 3 rings (SSSR count). The number of rotatable bonds is 4. The highest BCUT2D eigenvalue weighted by Crippen LogP contribution is 2.35. The van der Waals surface area contributed by atoms with E-state index in [2.05, 4.69) is 11.4 Å². The summed E-state index contributed by atoms with van der Waals surface area (Å²) in [5, 5.41) is 11.7. The standard InChI is InChI=1S/C22H25N3O4/c1-22(2,3)29-21(28)24-17-9-5-8-16-18(17)20(27)25(19(16)26)11-10-14-6-4-7-15(12-14)13-23/h4-7,9,12,16-18H,8,10-11H2,1-3H3,(H,24,28). The molecule has 3 amide bonds. The summed E-state index contributed by atoms with van der Waals surface area (Å²) in [6.45, 7) is 5.54. The molecule has 3 atom stereocenters. The highest BCUT2D eigenvalue weighted by molar-refractivity contribution is 6.06. The number of ether oxygens (including phenoxy) is 1. The van der Waals surface area contributed by atoms with Gasteiger partial charge in [-0.3, -0.25) is 14.5 Å². The van der Waals surface area contributed by atoms with Crippen LogP contribution in [0.2, 0.25) is 0 Å². The molecule has 0 bridgehead atoms. The van der Waals surface area contributed by atoms with Crippen LogP contribution in [0.4, 0.5) is 4.79 Å². The molecule has 1 fully saturated rings. The Morgan fingerprint density at radius 2 is 2.07 bits per heavy atom. The van der Waals surface area contributed by atoms with Gasteiger partial charge < -0.3 is 10.1 Å². The number of carbonyl (C=O) groups is 3. The van der Waals surface area contributed by atoms with Crippen molar-refractivity contribution >= 4 is 17.9 Å². The van der Waals surface area contributed by atoms with Gasteiger partial charge in [0.1, 0.15) is 5.60 Å². The lowest BCUT2D eigenvalue weighted by atomic mass is 9.81. The van der Waals surface area contributed by atoms with Gasteiger partial charge in [-0.05, 0) is 51.3 Å². The minimum absolute atomic E-state index is 0.211. The fraction of sp³-hybridized carbons (Fsp3) is 0.455. The average Bonchev–Trinajstić information content (AvgIpc) is 2.90. The summed E-state index contributed by atoms with van der Waals surface area (Å²) in [5.41, 5.74) is 0.781. The van der Waals surface area contributed by atoms with Crippen LogP contribution in [-0.4, -0.2) is 41.0 Å². The van der Waals surface area contributed by atoms with Gasteiger partial charge in [0.25, 0.3) is 0 Å². The molecule has 1 heterocycles. The zero-order chi connectivity index (χ0) is 21.2. The Morgan fingerprint density at radius 3 is 2.76 bits per heavy atom. The average molecular weight is 395 g/mol. The molecule has 0 saturated carbocycles. The van der Waals surface area contributed by atoms with E-state index >= 15 is 0 Å². The summed E-state index contributed by atoms with van der Waals surface area (Å²) >= 11 is 0. The second kappa shape index (κ2) is 8.08. The van der Waals surface area contributed by atoms with Gasteiger partial charge in [-0.1, -0.05) is 24.3 Å². The number of hydrogen-bond donors (Lipinski definition) is 1. The van der Waals surface area contributed by atoms with E-state index in [-0.39, 0.29) is 18.4 Å². The van der Waals surface area contributed by atoms with Crippen LogP contribution in [0.1, 0.15) is 38.3 Å². The van der Waals surface area contributed by atoms with E-state index in [0.29, 0.717) is 18.4 Å². The van der Waals surface area contributed by atoms with Crippen molar-refractivity contribution < 1.29 is 19.1 Å². The van der Waals surface area contributed by atoms with Crippen molar-refractivity contribution in [2.24, 2.45) is 11.8 Å². The Balaban J connectivity index is 1.69. The third-order valence-corrected chi connectivity index (χ3v) is 5.05. The number of amides is 3. The molecule has 1 saturated heterocycles. The zero-order valence-corrected chi connectivity index (χ0v) is 16.8. The minimum Gasteiger partial charge on any atom is -0.444 e. The fourth-order valence-corrected chi connectivity index (χ4v) is 3.80. The highest BCUT2D eigenvalue weighted by atomic mass is 16.6. The first-order valence-electron chi connectivity index (χ1n) is 9.70. The van der Waals surface area contributed by atoms with Crippen LogP contribution in [0, 0.1) is 23.2 Å². The van der Waals surface area contributed by atoms with Crippen LogP contribution in [0.5, 0.6) is 0 Å². The maximum atomic E-state index is 13.0. The lowest BCUT2D eigenvalue weighted by Gasteiger charge is -2.28. The molecule has 0 radical (unpaired) electrons. The molecule has 1 aliphatic heterocycles. The molecule has 1 aromatic rings. The SMILES string of the molecule is CC(C)(C)OC(=O)NC1C=CCC2C(=O)N(CCc3cccc(C#N)c3)C(=O)C12. The Labute approximate surface area is 170 Å². The Kier molecular flexibility index (Phi) is 5.73. The molecule has 1 N–H and O–H groups in total. The molecule has 1 aromatic carbocycles. The van der Waals surface area contributed by atoms with Gasteiger partial charge in [0.15, 0.2) is 0 Å². The molecule has 152 valence electrons. The molecular formula is C22H25N3O4. The topological polar surface area (TPSA) is 99.5 Å². The summed E-state index contributed by atoms with van der Waals surface area (Å²) in [4.78, 5) is 39.3. The molecule has 2 aliphatic rings. The maximum Gasteiger partial charge on any atom is 0.408 e. The number of alkyl carbamates (subject to hydrolysis) is 1. The lowest BCUT2D eigenvalue weighted by Crippen LogP contribution is -2.47. The van der Waals surface area contributed by atoms with Crippen LogP contribution < -0.4 is 5.32 Å². The molecule has 7 nitrogen and oxygen atoms in total. The normalized spacial score (nSPS) is 23.5. The van der Waals surface area contributed by atoms with Crippen LogP contribution in [0.15, 0.2) is 36.4 Å². The Hall–Kier alpha value is -3.14. The summed E-state index contributed by atoms with van der Waals surface area (Å²) in [5.74, 6) is -1.58. The molecule has 29 heavy (non-hydrogen) atoms. The highest BCUT2D eigenvalue weighted by Gasteiger charge is 2.51. The van der Waals surface area contributed by atoms with Crippen molar-refractivity contribution in [1.82, 2.24) is 10.2 Å². The number of carbonyl (C=O) groups excluding carboxylic acids is 3. The third-order valence-electron chi connectivity index (χ3n) is 5.05. The van der Waals surface area contributed by atoms with Crippen molar-refractivity contribution in [3.63, 3.8) is 0 Å². The zero-order valence-electron chi connectivity index (χ0n) is 16.8. The second-order valence-electron chi connectivity index (χ2n) is 8.36. The number of nitrogens with zero attached hydrogens (tertiary/aromatic N) is 2. The van der Waals surface area contributed by atoms with Gasteiger partial charge in [0, 0.05) is 6.54 Å². The van der Waals surface area contributed by atoms with Crippen molar-refractivity contribution in [3.8, 4) is 6.07 Å². The van der Waals surface area contributed by atoms with E-state index in [1.807, 2.05) is 12.1 Å². The molecule has 7 heteroatoms. The predicted octanol–water partition coefficient (Wildman–Crippen LogP) is 2.56. The monoisotopic (exact) mass is 395 g/mol. The van der Waals surface area contributed by atoms with Gasteiger partial charge >= 0.3 is 6.09 Å². The summed E-state index contributed by atoms with van der Waals surface area (Å²) in [7, 11) is 0. The third kappa shape index (κ3) is 4.65. The summed E-state index contributed by atoms with van der Waals surface area (Å²) in [6, 6.07) is 8.63. The first kappa shape index (κ1) is 20.6. The summed E-state index contributed by atoms with van der Waals surface area (Å²) < 4.78 is 5.28. The molecule has 0 aromatic heterocycles. The molecule has 1 aliphatic carbocycles. The van der Waals surface area contributed by atoms with Crippen LogP contribution >= 0.6 is 0 Å². The van der Waals surface area contributed by atoms with E-state index < -0.39 is 29.6 Å².